The Hall–Kier alpha value is -2.23. The Bertz CT molecular complexity index is 856. The predicted octanol–water partition coefficient (Wildman–Crippen LogP) is 5.23. The Balaban J connectivity index is 1.60. The van der Waals surface area contributed by atoms with Gasteiger partial charge in [0.15, 0.2) is 6.23 Å². The van der Waals surface area contributed by atoms with Gasteiger partial charge in [-0.3, -0.25) is 0 Å². The highest BCUT2D eigenvalue weighted by Crippen LogP contribution is 2.33. The van der Waals surface area contributed by atoms with E-state index in [1.165, 1.54) is 11.3 Å². The standard InChI is InChI=1S/C21H21ClN2O/c1-2-16-6-8-19(9-7-16)24-12-13-25-21(24)17-10-11-23(15-17)20-5-3-4-18(22)14-20/h3-11,14-15,21H,2,12-13H2,1H3. The lowest BCUT2D eigenvalue weighted by atomic mass is 10.1. The van der Waals surface area contributed by atoms with Crippen molar-refractivity contribution in [3.05, 3.63) is 83.1 Å². The molecule has 1 fully saturated rings. The van der Waals surface area contributed by atoms with E-state index in [-0.39, 0.29) is 6.23 Å². The molecular formula is C21H21ClN2O. The van der Waals surface area contributed by atoms with Crippen LogP contribution in [0.1, 0.15) is 24.3 Å². The summed E-state index contributed by atoms with van der Waals surface area (Å²) < 4.78 is 8.11. The fraction of sp³-hybridized carbons (Fsp3) is 0.238. The molecule has 0 radical (unpaired) electrons. The molecule has 2 heterocycles. The zero-order valence-electron chi connectivity index (χ0n) is 14.2. The van der Waals surface area contributed by atoms with Crippen molar-refractivity contribution in [2.75, 3.05) is 18.1 Å². The van der Waals surface area contributed by atoms with Crippen LogP contribution in [0, 0.1) is 0 Å². The highest BCUT2D eigenvalue weighted by molar-refractivity contribution is 6.30. The summed E-state index contributed by atoms with van der Waals surface area (Å²) in [6.45, 7) is 3.82. The van der Waals surface area contributed by atoms with E-state index < -0.39 is 0 Å². The van der Waals surface area contributed by atoms with Crippen molar-refractivity contribution < 1.29 is 4.74 Å². The van der Waals surface area contributed by atoms with Crippen molar-refractivity contribution in [2.24, 2.45) is 0 Å². The van der Waals surface area contributed by atoms with Crippen molar-refractivity contribution in [2.45, 2.75) is 19.6 Å². The van der Waals surface area contributed by atoms with Crippen LogP contribution >= 0.6 is 11.6 Å². The van der Waals surface area contributed by atoms with Gasteiger partial charge in [-0.2, -0.15) is 0 Å². The Labute approximate surface area is 153 Å². The molecule has 4 rings (SSSR count). The molecule has 0 spiro atoms. The normalized spacial score (nSPS) is 17.2. The molecule has 3 aromatic rings. The van der Waals surface area contributed by atoms with Crippen LogP contribution in [0.5, 0.6) is 0 Å². The summed E-state index contributed by atoms with van der Waals surface area (Å²) in [5.41, 5.74) is 4.76. The third kappa shape index (κ3) is 3.30. The lowest BCUT2D eigenvalue weighted by Gasteiger charge is -2.24. The van der Waals surface area contributed by atoms with E-state index in [2.05, 4.69) is 59.1 Å². The maximum atomic E-state index is 6.11. The molecule has 1 saturated heterocycles. The van der Waals surface area contributed by atoms with Crippen molar-refractivity contribution in [3.63, 3.8) is 0 Å². The number of nitrogens with zero attached hydrogens (tertiary/aromatic N) is 2. The first kappa shape index (κ1) is 16.2. The highest BCUT2D eigenvalue weighted by atomic mass is 35.5. The van der Waals surface area contributed by atoms with Gasteiger partial charge in [0.05, 0.1) is 6.61 Å². The Morgan fingerprint density at radius 3 is 2.68 bits per heavy atom. The van der Waals surface area contributed by atoms with Gasteiger partial charge in [-0.1, -0.05) is 36.7 Å². The van der Waals surface area contributed by atoms with Crippen LogP contribution in [-0.4, -0.2) is 17.7 Å². The number of anilines is 1. The van der Waals surface area contributed by atoms with Gasteiger partial charge in [-0.15, -0.1) is 0 Å². The molecular weight excluding hydrogens is 332 g/mol. The summed E-state index contributed by atoms with van der Waals surface area (Å²) in [5, 5.41) is 0.738. The summed E-state index contributed by atoms with van der Waals surface area (Å²) >= 11 is 6.11. The van der Waals surface area contributed by atoms with Gasteiger partial charge in [0.2, 0.25) is 0 Å². The molecule has 0 bridgehead atoms. The monoisotopic (exact) mass is 352 g/mol. The average Bonchev–Trinajstić information content (AvgIpc) is 3.31. The maximum absolute atomic E-state index is 6.11. The minimum absolute atomic E-state index is 0.0482. The second kappa shape index (κ2) is 6.95. The maximum Gasteiger partial charge on any atom is 0.158 e. The Morgan fingerprint density at radius 1 is 1.08 bits per heavy atom. The molecule has 1 aromatic heterocycles. The molecule has 2 aromatic carbocycles. The number of hydrogen-bond donors (Lipinski definition) is 0. The van der Waals surface area contributed by atoms with Crippen LogP contribution in [0.25, 0.3) is 5.69 Å². The van der Waals surface area contributed by atoms with Crippen LogP contribution in [0.15, 0.2) is 67.0 Å². The Kier molecular flexibility index (Phi) is 4.51. The Morgan fingerprint density at radius 2 is 1.92 bits per heavy atom. The summed E-state index contributed by atoms with van der Waals surface area (Å²) in [5.74, 6) is 0. The lowest BCUT2D eigenvalue weighted by molar-refractivity contribution is 0.114. The van der Waals surface area contributed by atoms with Crippen LogP contribution < -0.4 is 4.90 Å². The number of aromatic nitrogens is 1. The zero-order valence-corrected chi connectivity index (χ0v) is 15.0. The second-order valence-electron chi connectivity index (χ2n) is 6.27. The first-order valence-electron chi connectivity index (χ1n) is 8.65. The molecule has 1 aliphatic rings. The minimum atomic E-state index is -0.0482. The van der Waals surface area contributed by atoms with Crippen LogP contribution in [0.4, 0.5) is 5.69 Å². The van der Waals surface area contributed by atoms with Gasteiger partial charge in [-0.25, -0.2) is 0 Å². The SMILES string of the molecule is CCc1ccc(N2CCOC2c2ccn(-c3cccc(Cl)c3)c2)cc1. The van der Waals surface area contributed by atoms with Crippen molar-refractivity contribution in [1.82, 2.24) is 4.57 Å². The number of ether oxygens (including phenoxy) is 1. The highest BCUT2D eigenvalue weighted by Gasteiger charge is 2.27. The molecule has 0 aliphatic carbocycles. The van der Waals surface area contributed by atoms with Crippen LogP contribution in [0.3, 0.4) is 0 Å². The summed E-state index contributed by atoms with van der Waals surface area (Å²) in [4.78, 5) is 2.32. The molecule has 1 aliphatic heterocycles. The largest absolute Gasteiger partial charge is 0.352 e. The van der Waals surface area contributed by atoms with E-state index in [4.69, 9.17) is 16.3 Å². The van der Waals surface area contributed by atoms with Gasteiger partial charge in [0.25, 0.3) is 0 Å². The van der Waals surface area contributed by atoms with Gasteiger partial charge in [0, 0.05) is 40.9 Å². The molecule has 3 nitrogen and oxygen atoms in total. The molecule has 0 N–H and O–H groups in total. The number of hydrogen-bond acceptors (Lipinski definition) is 2. The fourth-order valence-electron chi connectivity index (χ4n) is 3.29. The quantitative estimate of drug-likeness (QED) is 0.639. The van der Waals surface area contributed by atoms with E-state index in [1.54, 1.807) is 0 Å². The molecule has 1 atom stereocenters. The van der Waals surface area contributed by atoms with Gasteiger partial charge in [-0.05, 0) is 48.4 Å². The smallest absolute Gasteiger partial charge is 0.158 e. The van der Waals surface area contributed by atoms with E-state index in [1.807, 2.05) is 24.3 Å². The number of halogens is 1. The predicted molar refractivity (Wildman–Crippen MR) is 103 cm³/mol. The average molecular weight is 353 g/mol. The van der Waals surface area contributed by atoms with Crippen molar-refractivity contribution in [3.8, 4) is 5.69 Å². The summed E-state index contributed by atoms with van der Waals surface area (Å²) in [6.07, 6.45) is 5.19. The number of benzene rings is 2. The molecule has 0 saturated carbocycles. The first-order valence-corrected chi connectivity index (χ1v) is 9.03. The van der Waals surface area contributed by atoms with Crippen LogP contribution in [0.2, 0.25) is 5.02 Å². The number of rotatable bonds is 4. The lowest BCUT2D eigenvalue weighted by Crippen LogP contribution is -2.22. The molecule has 4 heteroatoms. The van der Waals surface area contributed by atoms with Crippen LogP contribution in [-0.2, 0) is 11.2 Å². The van der Waals surface area contributed by atoms with Gasteiger partial charge < -0.3 is 14.2 Å². The van der Waals surface area contributed by atoms with Crippen molar-refractivity contribution >= 4 is 17.3 Å². The third-order valence-corrected chi connectivity index (χ3v) is 4.91. The van der Waals surface area contributed by atoms with Crippen molar-refractivity contribution in [1.29, 1.82) is 0 Å². The summed E-state index contributed by atoms with van der Waals surface area (Å²) in [6, 6.07) is 18.7. The van der Waals surface area contributed by atoms with Gasteiger partial charge in [0.1, 0.15) is 0 Å². The zero-order chi connectivity index (χ0) is 17.2. The topological polar surface area (TPSA) is 17.4 Å². The van der Waals surface area contributed by atoms with E-state index >= 15 is 0 Å². The van der Waals surface area contributed by atoms with Gasteiger partial charge >= 0.3 is 0 Å². The first-order chi connectivity index (χ1) is 12.2. The van der Waals surface area contributed by atoms with E-state index in [9.17, 15) is 0 Å². The fourth-order valence-corrected chi connectivity index (χ4v) is 3.47. The number of aryl methyl sites for hydroxylation is 1. The van der Waals surface area contributed by atoms with E-state index in [0.717, 1.165) is 35.8 Å². The molecule has 25 heavy (non-hydrogen) atoms. The summed E-state index contributed by atoms with van der Waals surface area (Å²) in [7, 11) is 0. The molecule has 1 unspecified atom stereocenters. The molecule has 128 valence electrons. The second-order valence-corrected chi connectivity index (χ2v) is 6.70. The van der Waals surface area contributed by atoms with E-state index in [0.29, 0.717) is 0 Å². The third-order valence-electron chi connectivity index (χ3n) is 4.67. The minimum Gasteiger partial charge on any atom is -0.352 e. The molecule has 0 amide bonds.